The molecule has 2 amide bonds. The number of carbonyl (C=O) groups excluding carboxylic acids is 1. The van der Waals surface area contributed by atoms with Gasteiger partial charge in [-0.25, -0.2) is 4.79 Å². The smallest absolute Gasteiger partial charge is 0.323 e. The molecule has 0 bridgehead atoms. The molecule has 3 heterocycles. The molecule has 172 valence electrons. The van der Waals surface area contributed by atoms with Gasteiger partial charge in [0, 0.05) is 36.9 Å². The van der Waals surface area contributed by atoms with Crippen LogP contribution >= 0.6 is 11.6 Å². The fraction of sp³-hybridized carbons (Fsp3) is 0.545. The van der Waals surface area contributed by atoms with Crippen LogP contribution in [0.5, 0.6) is 6.01 Å². The van der Waals surface area contributed by atoms with E-state index in [2.05, 4.69) is 30.4 Å². The number of nitrogens with zero attached hydrogens (tertiary/aromatic N) is 5. The molecular weight excluding hydrogens is 430 g/mol. The molecular formula is C22H30ClN7O2. The third-order valence-electron chi connectivity index (χ3n) is 5.59. The fourth-order valence-corrected chi connectivity index (χ4v) is 4.01. The lowest BCUT2D eigenvalue weighted by Crippen LogP contribution is -2.35. The number of urea groups is 1. The molecule has 2 N–H and O–H groups in total. The minimum absolute atomic E-state index is 0.261. The number of benzene rings is 1. The number of anilines is 3. The standard InChI is InChI=1S/C22H30ClN7O2/c23-17-7-9-18(10-8-17)25-21(31)24-11-16-32-22-27-19(29-12-3-1-4-13-29)26-20(28-22)30-14-5-2-6-15-30/h7-10H,1-6,11-16H2,(H2,24,25,31). The van der Waals surface area contributed by atoms with E-state index in [4.69, 9.17) is 21.3 Å². The van der Waals surface area contributed by atoms with E-state index in [1.54, 1.807) is 24.3 Å². The summed E-state index contributed by atoms with van der Waals surface area (Å²) >= 11 is 5.86. The maximum Gasteiger partial charge on any atom is 0.323 e. The van der Waals surface area contributed by atoms with Crippen molar-refractivity contribution in [2.75, 3.05) is 54.4 Å². The molecule has 2 aromatic rings. The summed E-state index contributed by atoms with van der Waals surface area (Å²) in [6.45, 7) is 4.40. The van der Waals surface area contributed by atoms with E-state index in [-0.39, 0.29) is 12.6 Å². The Labute approximate surface area is 193 Å². The summed E-state index contributed by atoms with van der Waals surface area (Å²) in [7, 11) is 0. The molecule has 0 spiro atoms. The number of rotatable bonds is 7. The molecule has 32 heavy (non-hydrogen) atoms. The zero-order chi connectivity index (χ0) is 22.2. The van der Waals surface area contributed by atoms with E-state index in [9.17, 15) is 4.79 Å². The van der Waals surface area contributed by atoms with Gasteiger partial charge < -0.3 is 25.2 Å². The first-order valence-corrected chi connectivity index (χ1v) is 11.7. The fourth-order valence-electron chi connectivity index (χ4n) is 3.89. The highest BCUT2D eigenvalue weighted by molar-refractivity contribution is 6.30. The first kappa shape index (κ1) is 22.4. The molecule has 10 heteroatoms. The molecule has 9 nitrogen and oxygen atoms in total. The highest BCUT2D eigenvalue weighted by atomic mass is 35.5. The molecule has 2 saturated heterocycles. The summed E-state index contributed by atoms with van der Waals surface area (Å²) in [5.41, 5.74) is 0.669. The second-order valence-corrected chi connectivity index (χ2v) is 8.49. The van der Waals surface area contributed by atoms with Gasteiger partial charge in [-0.1, -0.05) is 11.6 Å². The highest BCUT2D eigenvalue weighted by Gasteiger charge is 2.20. The van der Waals surface area contributed by atoms with E-state index >= 15 is 0 Å². The number of nitrogens with one attached hydrogen (secondary N) is 2. The number of piperidine rings is 2. The van der Waals surface area contributed by atoms with Gasteiger partial charge in [0.2, 0.25) is 11.9 Å². The van der Waals surface area contributed by atoms with Crippen molar-refractivity contribution in [3.05, 3.63) is 29.3 Å². The van der Waals surface area contributed by atoms with Crippen LogP contribution in [0.3, 0.4) is 0 Å². The predicted molar refractivity (Wildman–Crippen MR) is 126 cm³/mol. The lowest BCUT2D eigenvalue weighted by Gasteiger charge is -2.30. The number of amides is 2. The van der Waals surface area contributed by atoms with Crippen LogP contribution < -0.4 is 25.2 Å². The number of hydrogen-bond donors (Lipinski definition) is 2. The van der Waals surface area contributed by atoms with Gasteiger partial charge in [-0.2, -0.15) is 15.0 Å². The van der Waals surface area contributed by atoms with Crippen molar-refractivity contribution in [2.45, 2.75) is 38.5 Å². The second-order valence-electron chi connectivity index (χ2n) is 8.05. The minimum Gasteiger partial charge on any atom is -0.461 e. The average molecular weight is 460 g/mol. The van der Waals surface area contributed by atoms with Gasteiger partial charge in [0.1, 0.15) is 6.61 Å². The molecule has 4 rings (SSSR count). The van der Waals surface area contributed by atoms with Crippen molar-refractivity contribution in [1.29, 1.82) is 0 Å². The molecule has 1 aromatic carbocycles. The van der Waals surface area contributed by atoms with Crippen LogP contribution in [0.4, 0.5) is 22.4 Å². The van der Waals surface area contributed by atoms with Gasteiger partial charge in [0.05, 0.1) is 6.54 Å². The molecule has 2 fully saturated rings. The van der Waals surface area contributed by atoms with Crippen LogP contribution in [-0.2, 0) is 0 Å². The third kappa shape index (κ3) is 6.35. The zero-order valence-electron chi connectivity index (χ0n) is 18.2. The Kier molecular flexibility index (Phi) is 7.82. The molecule has 1 aromatic heterocycles. The van der Waals surface area contributed by atoms with Crippen molar-refractivity contribution >= 4 is 35.2 Å². The summed E-state index contributed by atoms with van der Waals surface area (Å²) in [6, 6.07) is 6.93. The molecule has 0 atom stereocenters. The Hall–Kier alpha value is -2.81. The molecule has 0 unspecified atom stereocenters. The summed E-state index contributed by atoms with van der Waals surface area (Å²) in [5.74, 6) is 1.37. The van der Waals surface area contributed by atoms with Crippen LogP contribution in [0.1, 0.15) is 38.5 Å². The first-order valence-electron chi connectivity index (χ1n) is 11.4. The van der Waals surface area contributed by atoms with E-state index in [1.165, 1.54) is 12.8 Å². The Morgan fingerprint density at radius 2 is 1.44 bits per heavy atom. The quantitative estimate of drug-likeness (QED) is 0.609. The summed E-state index contributed by atoms with van der Waals surface area (Å²) in [4.78, 5) is 30.4. The predicted octanol–water partition coefficient (Wildman–Crippen LogP) is 3.71. The largest absolute Gasteiger partial charge is 0.461 e. The first-order chi connectivity index (χ1) is 15.7. The second kappa shape index (κ2) is 11.2. The van der Waals surface area contributed by atoms with Crippen molar-refractivity contribution in [3.63, 3.8) is 0 Å². The van der Waals surface area contributed by atoms with E-state index < -0.39 is 0 Å². The molecule has 0 radical (unpaired) electrons. The number of hydrogen-bond acceptors (Lipinski definition) is 7. The van der Waals surface area contributed by atoms with Gasteiger partial charge in [-0.3, -0.25) is 0 Å². The maximum absolute atomic E-state index is 12.1. The Morgan fingerprint density at radius 1 is 0.875 bits per heavy atom. The molecule has 2 aliphatic heterocycles. The van der Waals surface area contributed by atoms with Crippen molar-refractivity contribution in [2.24, 2.45) is 0 Å². The average Bonchev–Trinajstić information content (AvgIpc) is 2.84. The topological polar surface area (TPSA) is 95.5 Å². The maximum atomic E-state index is 12.1. The monoisotopic (exact) mass is 459 g/mol. The lowest BCUT2D eigenvalue weighted by molar-refractivity contribution is 0.245. The van der Waals surface area contributed by atoms with E-state index in [1.807, 2.05) is 0 Å². The molecule has 0 saturated carbocycles. The normalized spacial score (nSPS) is 16.5. The van der Waals surface area contributed by atoms with Crippen molar-refractivity contribution < 1.29 is 9.53 Å². The van der Waals surface area contributed by atoms with Gasteiger partial charge in [-0.05, 0) is 62.8 Å². The van der Waals surface area contributed by atoms with Gasteiger partial charge in [-0.15, -0.1) is 0 Å². The van der Waals surface area contributed by atoms with Gasteiger partial charge in [0.25, 0.3) is 0 Å². The minimum atomic E-state index is -0.311. The van der Waals surface area contributed by atoms with Crippen LogP contribution in [0.2, 0.25) is 5.02 Å². The van der Waals surface area contributed by atoms with E-state index in [0.29, 0.717) is 35.2 Å². The number of carbonyl (C=O) groups is 1. The van der Waals surface area contributed by atoms with Crippen molar-refractivity contribution in [3.8, 4) is 6.01 Å². The summed E-state index contributed by atoms with van der Waals surface area (Å²) in [5, 5.41) is 6.15. The molecule has 2 aliphatic rings. The number of aromatic nitrogens is 3. The van der Waals surface area contributed by atoms with Crippen LogP contribution in [0.25, 0.3) is 0 Å². The van der Waals surface area contributed by atoms with Gasteiger partial charge in [0.15, 0.2) is 0 Å². The SMILES string of the molecule is O=C(NCCOc1nc(N2CCCCC2)nc(N2CCCCC2)n1)Nc1ccc(Cl)cc1. The Balaban J connectivity index is 1.34. The lowest BCUT2D eigenvalue weighted by atomic mass is 10.1. The Bertz CT molecular complexity index is 848. The highest BCUT2D eigenvalue weighted by Crippen LogP contribution is 2.23. The van der Waals surface area contributed by atoms with Crippen LogP contribution in [0, 0.1) is 0 Å². The zero-order valence-corrected chi connectivity index (χ0v) is 19.0. The third-order valence-corrected chi connectivity index (χ3v) is 5.84. The van der Waals surface area contributed by atoms with E-state index in [0.717, 1.165) is 51.9 Å². The van der Waals surface area contributed by atoms with Gasteiger partial charge >= 0.3 is 12.0 Å². The van der Waals surface area contributed by atoms with Crippen molar-refractivity contribution in [1.82, 2.24) is 20.3 Å². The number of halogens is 1. The summed E-state index contributed by atoms with van der Waals surface area (Å²) in [6.07, 6.45) is 7.07. The van der Waals surface area contributed by atoms with Crippen LogP contribution in [-0.4, -0.2) is 60.3 Å². The summed E-state index contributed by atoms with van der Waals surface area (Å²) < 4.78 is 5.81. The Morgan fingerprint density at radius 3 is 2.00 bits per heavy atom. The van der Waals surface area contributed by atoms with Crippen LogP contribution in [0.15, 0.2) is 24.3 Å². The molecule has 0 aliphatic carbocycles. The number of ether oxygens (including phenoxy) is 1.